The predicted octanol–water partition coefficient (Wildman–Crippen LogP) is 2.17. The average Bonchev–Trinajstić information content (AvgIpc) is 2.11. The molecule has 3 nitrogen and oxygen atoms in total. The van der Waals surface area contributed by atoms with Crippen LogP contribution in [0.15, 0.2) is 18.2 Å². The Balaban J connectivity index is 2.78. The molecular weight excluding hydrogens is 176 g/mol. The van der Waals surface area contributed by atoms with Crippen molar-refractivity contribution in [2.75, 3.05) is 11.1 Å². The second-order valence-electron chi connectivity index (χ2n) is 3.72. The van der Waals surface area contributed by atoms with Crippen molar-refractivity contribution >= 4 is 17.3 Å². The van der Waals surface area contributed by atoms with Gasteiger partial charge in [-0.1, -0.05) is 13.8 Å². The van der Waals surface area contributed by atoms with Crippen LogP contribution in [-0.4, -0.2) is 5.91 Å². The van der Waals surface area contributed by atoms with Gasteiger partial charge in [0.15, 0.2) is 0 Å². The first-order chi connectivity index (χ1) is 6.50. The van der Waals surface area contributed by atoms with Gasteiger partial charge >= 0.3 is 0 Å². The first-order valence-corrected chi connectivity index (χ1v) is 4.67. The minimum Gasteiger partial charge on any atom is -0.399 e. The number of rotatable bonds is 2. The quantitative estimate of drug-likeness (QED) is 0.705. The number of carbonyl (C=O) groups is 1. The Kier molecular flexibility index (Phi) is 3.12. The third-order valence-electron chi connectivity index (χ3n) is 2.06. The summed E-state index contributed by atoms with van der Waals surface area (Å²) in [6.45, 7) is 5.64. The van der Waals surface area contributed by atoms with Gasteiger partial charge < -0.3 is 11.1 Å². The van der Waals surface area contributed by atoms with Crippen LogP contribution in [0.5, 0.6) is 0 Å². The molecule has 0 spiro atoms. The lowest BCUT2D eigenvalue weighted by molar-refractivity contribution is -0.118. The summed E-state index contributed by atoms with van der Waals surface area (Å²) in [7, 11) is 0. The van der Waals surface area contributed by atoms with Crippen molar-refractivity contribution in [2.45, 2.75) is 20.8 Å². The summed E-state index contributed by atoms with van der Waals surface area (Å²) in [5.41, 5.74) is 8.19. The number of benzene rings is 1. The molecule has 0 aliphatic heterocycles. The van der Waals surface area contributed by atoms with E-state index in [1.165, 1.54) is 0 Å². The van der Waals surface area contributed by atoms with Gasteiger partial charge in [0.05, 0.1) is 0 Å². The van der Waals surface area contributed by atoms with Gasteiger partial charge in [0.2, 0.25) is 5.91 Å². The molecule has 0 atom stereocenters. The van der Waals surface area contributed by atoms with E-state index in [4.69, 9.17) is 5.73 Å². The lowest BCUT2D eigenvalue weighted by Crippen LogP contribution is -2.17. The molecule has 0 aliphatic carbocycles. The summed E-state index contributed by atoms with van der Waals surface area (Å²) >= 11 is 0. The highest BCUT2D eigenvalue weighted by Crippen LogP contribution is 2.16. The molecule has 1 rings (SSSR count). The Labute approximate surface area is 84.3 Å². The molecule has 0 aromatic heterocycles. The zero-order valence-electron chi connectivity index (χ0n) is 8.79. The van der Waals surface area contributed by atoms with Crippen molar-refractivity contribution in [3.63, 3.8) is 0 Å². The van der Waals surface area contributed by atoms with Crippen LogP contribution in [0.3, 0.4) is 0 Å². The summed E-state index contributed by atoms with van der Waals surface area (Å²) in [6, 6.07) is 5.48. The molecule has 0 fully saturated rings. The van der Waals surface area contributed by atoms with Crippen LogP contribution >= 0.6 is 0 Å². The molecule has 0 unspecified atom stereocenters. The molecule has 14 heavy (non-hydrogen) atoms. The van der Waals surface area contributed by atoms with Crippen LogP contribution in [0.4, 0.5) is 11.4 Å². The molecule has 0 saturated heterocycles. The van der Waals surface area contributed by atoms with Gasteiger partial charge in [0.1, 0.15) is 0 Å². The first-order valence-electron chi connectivity index (χ1n) is 4.67. The topological polar surface area (TPSA) is 55.1 Å². The van der Waals surface area contributed by atoms with Gasteiger partial charge in [-0.15, -0.1) is 0 Å². The Hall–Kier alpha value is -1.51. The Morgan fingerprint density at radius 3 is 2.57 bits per heavy atom. The summed E-state index contributed by atoms with van der Waals surface area (Å²) in [5, 5.41) is 2.81. The molecule has 3 N–H and O–H groups in total. The van der Waals surface area contributed by atoms with E-state index < -0.39 is 0 Å². The van der Waals surface area contributed by atoms with E-state index in [1.807, 2.05) is 32.9 Å². The largest absolute Gasteiger partial charge is 0.399 e. The minimum atomic E-state index is -0.00661. The molecule has 3 heteroatoms. The minimum absolute atomic E-state index is 0.00661. The van der Waals surface area contributed by atoms with Crippen LogP contribution in [-0.2, 0) is 4.79 Å². The van der Waals surface area contributed by atoms with E-state index in [-0.39, 0.29) is 11.8 Å². The monoisotopic (exact) mass is 192 g/mol. The van der Waals surface area contributed by atoms with E-state index in [1.54, 1.807) is 6.07 Å². The molecule has 0 bridgehead atoms. The van der Waals surface area contributed by atoms with Crippen molar-refractivity contribution in [3.05, 3.63) is 23.8 Å². The highest BCUT2D eigenvalue weighted by Gasteiger charge is 2.06. The first kappa shape index (κ1) is 10.6. The lowest BCUT2D eigenvalue weighted by Gasteiger charge is -2.09. The van der Waals surface area contributed by atoms with Crippen molar-refractivity contribution in [1.82, 2.24) is 0 Å². The molecule has 1 aromatic rings. The number of hydrogen-bond acceptors (Lipinski definition) is 2. The highest BCUT2D eigenvalue weighted by atomic mass is 16.1. The number of carbonyl (C=O) groups excluding carboxylic acids is 1. The number of aryl methyl sites for hydroxylation is 1. The van der Waals surface area contributed by atoms with Crippen molar-refractivity contribution in [3.8, 4) is 0 Å². The fraction of sp³-hybridized carbons (Fsp3) is 0.364. The van der Waals surface area contributed by atoms with Gasteiger partial charge in [-0.2, -0.15) is 0 Å². The second kappa shape index (κ2) is 4.13. The van der Waals surface area contributed by atoms with Crippen LogP contribution in [0, 0.1) is 12.8 Å². The number of nitrogen functional groups attached to an aromatic ring is 1. The van der Waals surface area contributed by atoms with E-state index in [2.05, 4.69) is 5.32 Å². The van der Waals surface area contributed by atoms with E-state index in [9.17, 15) is 4.79 Å². The van der Waals surface area contributed by atoms with E-state index in [0.29, 0.717) is 0 Å². The van der Waals surface area contributed by atoms with E-state index >= 15 is 0 Å². The molecule has 76 valence electrons. The van der Waals surface area contributed by atoms with Crippen LogP contribution in [0.2, 0.25) is 0 Å². The maximum absolute atomic E-state index is 11.4. The molecule has 0 saturated carbocycles. The fourth-order valence-electron chi connectivity index (χ4n) is 1.04. The second-order valence-corrected chi connectivity index (χ2v) is 3.72. The van der Waals surface area contributed by atoms with Gasteiger partial charge in [0.25, 0.3) is 0 Å². The SMILES string of the molecule is Cc1cc(NC(=O)C(C)C)ccc1N. The van der Waals surface area contributed by atoms with Crippen LogP contribution in [0.25, 0.3) is 0 Å². The van der Waals surface area contributed by atoms with Crippen molar-refractivity contribution < 1.29 is 4.79 Å². The zero-order valence-corrected chi connectivity index (χ0v) is 8.79. The van der Waals surface area contributed by atoms with Crippen LogP contribution in [0.1, 0.15) is 19.4 Å². The maximum atomic E-state index is 11.4. The van der Waals surface area contributed by atoms with E-state index in [0.717, 1.165) is 16.9 Å². The highest BCUT2D eigenvalue weighted by molar-refractivity contribution is 5.92. The molecule has 0 heterocycles. The summed E-state index contributed by atoms with van der Waals surface area (Å²) < 4.78 is 0. The van der Waals surface area contributed by atoms with Crippen molar-refractivity contribution in [2.24, 2.45) is 5.92 Å². The third kappa shape index (κ3) is 2.49. The van der Waals surface area contributed by atoms with Crippen molar-refractivity contribution in [1.29, 1.82) is 0 Å². The summed E-state index contributed by atoms with van der Waals surface area (Å²) in [6.07, 6.45) is 0. The number of hydrogen-bond donors (Lipinski definition) is 2. The Morgan fingerprint density at radius 1 is 1.43 bits per heavy atom. The summed E-state index contributed by atoms with van der Waals surface area (Å²) in [5.74, 6) is 0.0158. The van der Waals surface area contributed by atoms with Gasteiger partial charge in [-0.3, -0.25) is 4.79 Å². The molecule has 0 aliphatic rings. The Morgan fingerprint density at radius 2 is 2.07 bits per heavy atom. The Bertz CT molecular complexity index is 345. The number of nitrogens with one attached hydrogen (secondary N) is 1. The molecule has 1 aromatic carbocycles. The molecule has 1 amide bonds. The average molecular weight is 192 g/mol. The number of nitrogens with two attached hydrogens (primary N) is 1. The number of anilines is 2. The summed E-state index contributed by atoms with van der Waals surface area (Å²) in [4.78, 5) is 11.4. The maximum Gasteiger partial charge on any atom is 0.226 e. The predicted molar refractivity (Wildman–Crippen MR) is 59.1 cm³/mol. The molecule has 0 radical (unpaired) electrons. The molecular formula is C11H16N2O. The lowest BCUT2D eigenvalue weighted by atomic mass is 10.1. The van der Waals surface area contributed by atoms with Crippen LogP contribution < -0.4 is 11.1 Å². The fourth-order valence-corrected chi connectivity index (χ4v) is 1.04. The third-order valence-corrected chi connectivity index (χ3v) is 2.06. The zero-order chi connectivity index (χ0) is 10.7. The normalized spacial score (nSPS) is 10.3. The van der Waals surface area contributed by atoms with Gasteiger partial charge in [0, 0.05) is 17.3 Å². The van der Waals surface area contributed by atoms with Gasteiger partial charge in [-0.05, 0) is 30.7 Å². The standard InChI is InChI=1S/C11H16N2O/c1-7(2)11(14)13-9-4-5-10(12)8(3)6-9/h4-7H,12H2,1-3H3,(H,13,14). The number of amides is 1. The van der Waals surface area contributed by atoms with Gasteiger partial charge in [-0.25, -0.2) is 0 Å². The smallest absolute Gasteiger partial charge is 0.226 e.